The third-order valence-corrected chi connectivity index (χ3v) is 10.3. The highest BCUT2D eigenvalue weighted by Gasteiger charge is 2.34. The van der Waals surface area contributed by atoms with E-state index in [1.165, 1.54) is 24.4 Å². The number of amides is 1. The van der Waals surface area contributed by atoms with Gasteiger partial charge in [0, 0.05) is 44.3 Å². The molecule has 1 amide bonds. The summed E-state index contributed by atoms with van der Waals surface area (Å²) in [6, 6.07) is 4.34. The number of pyridine rings is 2. The number of benzene rings is 1. The van der Waals surface area contributed by atoms with E-state index in [9.17, 15) is 22.8 Å². The Labute approximate surface area is 287 Å². The maximum Gasteiger partial charge on any atom is 0.355 e. The van der Waals surface area contributed by atoms with Crippen molar-refractivity contribution in [2.24, 2.45) is 5.92 Å². The summed E-state index contributed by atoms with van der Waals surface area (Å²) in [5.41, 5.74) is -1.67. The molecule has 1 aromatic carbocycles. The molecule has 0 N–H and O–H groups in total. The Morgan fingerprint density at radius 3 is 2.46 bits per heavy atom. The molecule has 1 saturated heterocycles. The van der Waals surface area contributed by atoms with Gasteiger partial charge in [-0.15, -0.1) is 0 Å². The molecule has 50 heavy (non-hydrogen) atoms. The van der Waals surface area contributed by atoms with Gasteiger partial charge in [0.1, 0.15) is 28.0 Å². The molecule has 1 atom stereocenters. The second-order valence-electron chi connectivity index (χ2n) is 12.9. The molecule has 262 valence electrons. The minimum absolute atomic E-state index is 0.0132. The fourth-order valence-electron chi connectivity index (χ4n) is 6.33. The van der Waals surface area contributed by atoms with Gasteiger partial charge in [0.05, 0.1) is 22.6 Å². The minimum atomic E-state index is -3.99. The first-order valence-corrected chi connectivity index (χ1v) is 18.1. The van der Waals surface area contributed by atoms with E-state index in [1.54, 1.807) is 23.6 Å². The van der Waals surface area contributed by atoms with E-state index in [0.717, 1.165) is 48.4 Å². The molecule has 4 aromatic rings. The average molecular weight is 707 g/mol. The molecule has 4 heterocycles. The summed E-state index contributed by atoms with van der Waals surface area (Å²) in [6.45, 7) is 9.26. The Morgan fingerprint density at radius 1 is 1.10 bits per heavy atom. The number of aromatic nitrogens is 4. The number of rotatable bonds is 8. The monoisotopic (exact) mass is 706 g/mol. The van der Waals surface area contributed by atoms with E-state index in [-0.39, 0.29) is 64.6 Å². The van der Waals surface area contributed by atoms with Crippen LogP contribution >= 0.6 is 0 Å². The molecular weight excluding hydrogens is 670 g/mol. The summed E-state index contributed by atoms with van der Waals surface area (Å²) in [5.74, 6) is -3.86. The third kappa shape index (κ3) is 6.25. The molecule has 1 saturated carbocycles. The molecule has 0 radical (unpaired) electrons. The van der Waals surface area contributed by atoms with Crippen molar-refractivity contribution in [1.29, 1.82) is 0 Å². The number of carbonyl (C=O) groups is 2. The molecule has 6 rings (SSSR count). The number of halogens is 2. The zero-order valence-electron chi connectivity index (χ0n) is 28.0. The molecular formula is C35H36F2N6O6S. The predicted octanol–water partition coefficient (Wildman–Crippen LogP) is 4.58. The third-order valence-electron chi connectivity index (χ3n) is 9.16. The Morgan fingerprint density at radius 2 is 1.84 bits per heavy atom. The summed E-state index contributed by atoms with van der Waals surface area (Å²) in [6.07, 6.45) is 7.17. The van der Waals surface area contributed by atoms with Crippen molar-refractivity contribution in [1.82, 2.24) is 24.4 Å². The van der Waals surface area contributed by atoms with Crippen molar-refractivity contribution in [3.8, 4) is 22.7 Å². The quantitative estimate of drug-likeness (QED) is 0.145. The van der Waals surface area contributed by atoms with E-state index < -0.39 is 56.3 Å². The Kier molecular flexibility index (Phi) is 9.29. The van der Waals surface area contributed by atoms with Crippen LogP contribution in [0.5, 0.6) is 5.75 Å². The molecule has 1 aliphatic heterocycles. The van der Waals surface area contributed by atoms with Crippen molar-refractivity contribution in [2.45, 2.75) is 56.9 Å². The second-order valence-corrected chi connectivity index (χ2v) is 14.9. The summed E-state index contributed by atoms with van der Waals surface area (Å²) >= 11 is 0. The van der Waals surface area contributed by atoms with Crippen molar-refractivity contribution in [3.05, 3.63) is 77.0 Å². The van der Waals surface area contributed by atoms with Gasteiger partial charge in [0.25, 0.3) is 0 Å². The Balaban J connectivity index is 1.68. The first-order chi connectivity index (χ1) is 23.7. The van der Waals surface area contributed by atoms with E-state index >= 15 is 8.78 Å². The summed E-state index contributed by atoms with van der Waals surface area (Å²) in [5, 5.41) is 0.0362. The van der Waals surface area contributed by atoms with Gasteiger partial charge in [-0.25, -0.2) is 31.5 Å². The minimum Gasteiger partial charge on any atom is -0.425 e. The number of carbonyl (C=O) groups excluding carboxylic acids is 2. The first-order valence-electron chi connectivity index (χ1n) is 16.2. The number of fused-ring (bicyclic) bond motifs is 1. The van der Waals surface area contributed by atoms with Crippen LogP contribution in [0, 0.1) is 17.6 Å². The van der Waals surface area contributed by atoms with Crippen LogP contribution in [0.15, 0.2) is 59.0 Å². The number of nitrogens with zero attached hydrogens (tertiary/aromatic N) is 6. The van der Waals surface area contributed by atoms with Gasteiger partial charge in [-0.05, 0) is 55.5 Å². The SMILES string of the molecule is C=CC(=O)N1CCN(c2nc(=O)n(-c3c(C4CCC4)cncc3S(C)(=O)=O)c3nc(-c4c(F)cccc4OC(=O)C(C)C)c(F)cc23)[C@@H](C)C1. The van der Waals surface area contributed by atoms with Gasteiger partial charge in [-0.1, -0.05) is 32.9 Å². The standard InChI is InChI=1S/C35H36F2N6O6S/c1-6-28(44)41-13-14-42(20(4)18-41)32-22-15-25(37)30(29-24(36)11-8-12-26(29)49-34(45)19(2)3)39-33(22)43(35(46)40-32)31-23(21-9-7-10-21)16-38-17-27(31)50(5,47)48/h6,8,11-12,15-17,19-21H,1,7,9-10,13-14,18H2,2-5H3/t20-/m0/s1. The Bertz CT molecular complexity index is 2220. The maximum atomic E-state index is 16.4. The smallest absolute Gasteiger partial charge is 0.355 e. The molecule has 2 aliphatic rings. The van der Waals surface area contributed by atoms with E-state index in [1.807, 2.05) is 6.92 Å². The van der Waals surface area contributed by atoms with Crippen molar-refractivity contribution in [2.75, 3.05) is 30.8 Å². The van der Waals surface area contributed by atoms with Crippen molar-refractivity contribution in [3.63, 3.8) is 0 Å². The van der Waals surface area contributed by atoms with Crippen LogP contribution in [-0.2, 0) is 19.4 Å². The number of hydrogen-bond donors (Lipinski definition) is 0. The van der Waals surface area contributed by atoms with Crippen LogP contribution in [0.25, 0.3) is 28.0 Å². The fraction of sp³-hybridized carbons (Fsp3) is 0.371. The van der Waals surface area contributed by atoms with E-state index in [2.05, 4.69) is 21.5 Å². The van der Waals surface area contributed by atoms with E-state index in [0.29, 0.717) is 5.56 Å². The normalized spacial score (nSPS) is 16.8. The lowest BCUT2D eigenvalue weighted by atomic mass is 9.80. The molecule has 1 aliphatic carbocycles. The van der Waals surface area contributed by atoms with Crippen LogP contribution in [0.3, 0.4) is 0 Å². The fourth-order valence-corrected chi connectivity index (χ4v) is 7.14. The lowest BCUT2D eigenvalue weighted by Crippen LogP contribution is -2.54. The number of anilines is 1. The van der Waals surface area contributed by atoms with Crippen molar-refractivity contribution < 1.29 is 31.5 Å². The molecule has 15 heteroatoms. The number of hydrogen-bond acceptors (Lipinski definition) is 10. The average Bonchev–Trinajstić information content (AvgIpc) is 3.03. The number of sulfone groups is 1. The van der Waals surface area contributed by atoms with Gasteiger partial charge in [-0.2, -0.15) is 4.98 Å². The van der Waals surface area contributed by atoms with E-state index in [4.69, 9.17) is 4.74 Å². The topological polar surface area (TPSA) is 145 Å². The molecule has 0 bridgehead atoms. The number of ether oxygens (including phenoxy) is 1. The first kappa shape index (κ1) is 34.8. The second kappa shape index (κ2) is 13.3. The van der Waals surface area contributed by atoms with Crippen LogP contribution in [-0.4, -0.2) is 76.6 Å². The maximum absolute atomic E-state index is 16.4. The molecule has 0 spiro atoms. The van der Waals surface area contributed by atoms with Gasteiger partial charge < -0.3 is 14.5 Å². The van der Waals surface area contributed by atoms with Crippen molar-refractivity contribution >= 4 is 38.6 Å². The van der Waals surface area contributed by atoms with Crippen LogP contribution in [0.2, 0.25) is 0 Å². The summed E-state index contributed by atoms with van der Waals surface area (Å²) in [7, 11) is -3.99. The lowest BCUT2D eigenvalue weighted by Gasteiger charge is -2.40. The molecule has 0 unspecified atom stereocenters. The van der Waals surface area contributed by atoms with Crippen LogP contribution in [0.1, 0.15) is 51.5 Å². The molecule has 12 nitrogen and oxygen atoms in total. The lowest BCUT2D eigenvalue weighted by molar-refractivity contribution is -0.137. The molecule has 2 fully saturated rings. The summed E-state index contributed by atoms with van der Waals surface area (Å²) < 4.78 is 65.0. The number of esters is 1. The zero-order chi connectivity index (χ0) is 36.1. The Hall–Kier alpha value is -5.05. The summed E-state index contributed by atoms with van der Waals surface area (Å²) in [4.78, 5) is 55.5. The van der Waals surface area contributed by atoms with Gasteiger partial charge in [0.15, 0.2) is 21.3 Å². The predicted molar refractivity (Wildman–Crippen MR) is 182 cm³/mol. The molecule has 3 aromatic heterocycles. The highest BCUT2D eigenvalue weighted by molar-refractivity contribution is 7.90. The van der Waals surface area contributed by atoms with Gasteiger partial charge >= 0.3 is 11.7 Å². The highest BCUT2D eigenvalue weighted by Crippen LogP contribution is 2.42. The van der Waals surface area contributed by atoms with Crippen LogP contribution in [0.4, 0.5) is 14.6 Å². The van der Waals surface area contributed by atoms with Crippen LogP contribution < -0.4 is 15.3 Å². The largest absolute Gasteiger partial charge is 0.425 e. The zero-order valence-corrected chi connectivity index (χ0v) is 28.8. The number of piperazine rings is 1. The van der Waals surface area contributed by atoms with Gasteiger partial charge in [0.2, 0.25) is 5.91 Å². The highest BCUT2D eigenvalue weighted by atomic mass is 32.2. The van der Waals surface area contributed by atoms with Gasteiger partial charge in [-0.3, -0.25) is 14.6 Å².